The topological polar surface area (TPSA) is 64.6 Å². The summed E-state index contributed by atoms with van der Waals surface area (Å²) in [7, 11) is -2.95. The molecule has 1 rings (SSSR count). The fourth-order valence-electron chi connectivity index (χ4n) is 1.82. The van der Waals surface area contributed by atoms with Gasteiger partial charge in [-0.25, -0.2) is 8.42 Å². The molecular formula is C14H23NO4S. The Bertz CT molecular complexity index is 502. The summed E-state index contributed by atoms with van der Waals surface area (Å²) in [5.41, 5.74) is 0. The van der Waals surface area contributed by atoms with E-state index in [4.69, 9.17) is 9.47 Å². The van der Waals surface area contributed by atoms with Gasteiger partial charge in [-0.2, -0.15) is 0 Å². The number of para-hydroxylation sites is 2. The molecule has 0 aromatic heterocycles. The summed E-state index contributed by atoms with van der Waals surface area (Å²) in [5.74, 6) is 1.55. The predicted octanol–water partition coefficient (Wildman–Crippen LogP) is 1.49. The van der Waals surface area contributed by atoms with Crippen molar-refractivity contribution in [3.8, 4) is 11.5 Å². The van der Waals surface area contributed by atoms with Gasteiger partial charge in [0.2, 0.25) is 0 Å². The Morgan fingerprint density at radius 3 is 2.35 bits per heavy atom. The van der Waals surface area contributed by atoms with Gasteiger partial charge in [-0.15, -0.1) is 0 Å². The maximum Gasteiger partial charge on any atom is 0.161 e. The quantitative estimate of drug-likeness (QED) is 0.700. The SMILES string of the molecule is CCOc1ccccc1OCCNC(C)CS(C)(=O)=O. The summed E-state index contributed by atoms with van der Waals surface area (Å²) in [4.78, 5) is 0. The minimum absolute atomic E-state index is 0.0873. The number of hydrogen-bond donors (Lipinski definition) is 1. The lowest BCUT2D eigenvalue weighted by Crippen LogP contribution is -2.35. The molecule has 5 nitrogen and oxygen atoms in total. The Labute approximate surface area is 121 Å². The maximum atomic E-state index is 11.1. The van der Waals surface area contributed by atoms with Crippen molar-refractivity contribution in [1.82, 2.24) is 5.32 Å². The summed E-state index contributed by atoms with van der Waals surface area (Å²) in [6.45, 7) is 5.39. The third-order valence-corrected chi connectivity index (χ3v) is 3.66. The Kier molecular flexibility index (Phi) is 6.81. The number of nitrogens with one attached hydrogen (secondary N) is 1. The van der Waals surface area contributed by atoms with E-state index < -0.39 is 9.84 Å². The summed E-state index contributed by atoms with van der Waals surface area (Å²) in [5, 5.41) is 3.12. The first kappa shape index (κ1) is 16.8. The number of benzene rings is 1. The molecule has 0 aliphatic rings. The van der Waals surface area contributed by atoms with E-state index in [1.54, 1.807) is 0 Å². The van der Waals surface area contributed by atoms with Crippen LogP contribution >= 0.6 is 0 Å². The molecular weight excluding hydrogens is 278 g/mol. The molecule has 0 heterocycles. The second-order valence-corrected chi connectivity index (χ2v) is 6.86. The zero-order valence-electron chi connectivity index (χ0n) is 12.3. The van der Waals surface area contributed by atoms with Crippen molar-refractivity contribution in [2.24, 2.45) is 0 Å². The largest absolute Gasteiger partial charge is 0.490 e. The molecule has 0 spiro atoms. The van der Waals surface area contributed by atoms with Crippen LogP contribution in [0.15, 0.2) is 24.3 Å². The lowest BCUT2D eigenvalue weighted by Gasteiger charge is -2.14. The Balaban J connectivity index is 2.34. The molecule has 0 fully saturated rings. The van der Waals surface area contributed by atoms with E-state index in [0.29, 0.717) is 25.5 Å². The maximum absolute atomic E-state index is 11.1. The molecule has 1 N–H and O–H groups in total. The van der Waals surface area contributed by atoms with Gasteiger partial charge in [0.15, 0.2) is 11.5 Å². The summed E-state index contributed by atoms with van der Waals surface area (Å²) < 4.78 is 33.3. The number of ether oxygens (including phenoxy) is 2. The van der Waals surface area contributed by atoms with Crippen molar-refractivity contribution in [2.45, 2.75) is 19.9 Å². The second-order valence-electron chi connectivity index (χ2n) is 4.68. The predicted molar refractivity (Wildman–Crippen MR) is 80.3 cm³/mol. The Morgan fingerprint density at radius 1 is 1.20 bits per heavy atom. The van der Waals surface area contributed by atoms with Crippen molar-refractivity contribution < 1.29 is 17.9 Å². The molecule has 1 unspecified atom stereocenters. The molecule has 20 heavy (non-hydrogen) atoms. The summed E-state index contributed by atoms with van der Waals surface area (Å²) >= 11 is 0. The van der Waals surface area contributed by atoms with Crippen molar-refractivity contribution in [1.29, 1.82) is 0 Å². The van der Waals surface area contributed by atoms with Crippen LogP contribution in [0.3, 0.4) is 0 Å². The Hall–Kier alpha value is -1.27. The minimum Gasteiger partial charge on any atom is -0.490 e. The Morgan fingerprint density at radius 2 is 1.80 bits per heavy atom. The molecule has 0 aliphatic carbocycles. The highest BCUT2D eigenvalue weighted by Crippen LogP contribution is 2.25. The zero-order chi connectivity index (χ0) is 15.0. The highest BCUT2D eigenvalue weighted by molar-refractivity contribution is 7.90. The zero-order valence-corrected chi connectivity index (χ0v) is 13.1. The lowest BCUT2D eigenvalue weighted by molar-refractivity contribution is 0.273. The molecule has 1 aromatic carbocycles. The van der Waals surface area contributed by atoms with Crippen LogP contribution in [0.4, 0.5) is 0 Å². The average molecular weight is 301 g/mol. The van der Waals surface area contributed by atoms with Crippen LogP contribution in [0.2, 0.25) is 0 Å². The molecule has 0 aliphatic heterocycles. The van der Waals surface area contributed by atoms with Gasteiger partial charge in [0.05, 0.1) is 12.4 Å². The average Bonchev–Trinajstić information content (AvgIpc) is 2.34. The number of sulfone groups is 1. The van der Waals surface area contributed by atoms with Crippen molar-refractivity contribution in [2.75, 3.05) is 31.8 Å². The van der Waals surface area contributed by atoms with E-state index >= 15 is 0 Å². The third kappa shape index (κ3) is 6.77. The van der Waals surface area contributed by atoms with Gasteiger partial charge < -0.3 is 14.8 Å². The standard InChI is InChI=1S/C14H23NO4S/c1-4-18-13-7-5-6-8-14(13)19-10-9-15-12(2)11-20(3,16)17/h5-8,12,15H,4,9-11H2,1-3H3. The van der Waals surface area contributed by atoms with E-state index in [2.05, 4.69) is 5.32 Å². The van der Waals surface area contributed by atoms with Gasteiger partial charge in [-0.05, 0) is 26.0 Å². The number of hydrogen-bond acceptors (Lipinski definition) is 5. The minimum atomic E-state index is -2.95. The second kappa shape index (κ2) is 8.11. The summed E-state index contributed by atoms with van der Waals surface area (Å²) in [6.07, 6.45) is 1.24. The normalized spacial score (nSPS) is 12.9. The van der Waals surface area contributed by atoms with Crippen molar-refractivity contribution in [3.05, 3.63) is 24.3 Å². The molecule has 1 atom stereocenters. The molecule has 114 valence electrons. The molecule has 0 saturated heterocycles. The van der Waals surface area contributed by atoms with Crippen LogP contribution in [0.25, 0.3) is 0 Å². The van der Waals surface area contributed by atoms with Gasteiger partial charge >= 0.3 is 0 Å². The molecule has 0 radical (unpaired) electrons. The van der Waals surface area contributed by atoms with Crippen LogP contribution in [0.5, 0.6) is 11.5 Å². The van der Waals surface area contributed by atoms with E-state index in [-0.39, 0.29) is 11.8 Å². The highest BCUT2D eigenvalue weighted by atomic mass is 32.2. The smallest absolute Gasteiger partial charge is 0.161 e. The molecule has 0 bridgehead atoms. The first-order chi connectivity index (χ1) is 9.42. The monoisotopic (exact) mass is 301 g/mol. The van der Waals surface area contributed by atoms with Gasteiger partial charge in [-0.1, -0.05) is 12.1 Å². The van der Waals surface area contributed by atoms with E-state index in [1.165, 1.54) is 6.26 Å². The van der Waals surface area contributed by atoms with Crippen LogP contribution in [0, 0.1) is 0 Å². The van der Waals surface area contributed by atoms with Crippen LogP contribution in [0.1, 0.15) is 13.8 Å². The van der Waals surface area contributed by atoms with Crippen LogP contribution in [-0.2, 0) is 9.84 Å². The third-order valence-electron chi connectivity index (χ3n) is 2.55. The summed E-state index contributed by atoms with van der Waals surface area (Å²) in [6, 6.07) is 7.40. The fourth-order valence-corrected chi connectivity index (χ4v) is 2.85. The molecule has 0 saturated carbocycles. The highest BCUT2D eigenvalue weighted by Gasteiger charge is 2.09. The number of rotatable bonds is 9. The first-order valence-corrected chi connectivity index (χ1v) is 8.74. The lowest BCUT2D eigenvalue weighted by atomic mass is 10.3. The van der Waals surface area contributed by atoms with Gasteiger partial charge in [0.1, 0.15) is 16.4 Å². The molecule has 6 heteroatoms. The first-order valence-electron chi connectivity index (χ1n) is 6.68. The van der Waals surface area contributed by atoms with Gasteiger partial charge in [0.25, 0.3) is 0 Å². The molecule has 1 aromatic rings. The van der Waals surface area contributed by atoms with E-state index in [1.807, 2.05) is 38.1 Å². The van der Waals surface area contributed by atoms with Crippen LogP contribution in [-0.4, -0.2) is 46.2 Å². The van der Waals surface area contributed by atoms with Gasteiger partial charge in [-0.3, -0.25) is 0 Å². The van der Waals surface area contributed by atoms with E-state index in [0.717, 1.165) is 5.75 Å². The van der Waals surface area contributed by atoms with Crippen LogP contribution < -0.4 is 14.8 Å². The molecule has 0 amide bonds. The van der Waals surface area contributed by atoms with Crippen molar-refractivity contribution in [3.63, 3.8) is 0 Å². The van der Waals surface area contributed by atoms with Gasteiger partial charge in [0, 0.05) is 18.8 Å². The van der Waals surface area contributed by atoms with E-state index in [9.17, 15) is 8.42 Å². The fraction of sp³-hybridized carbons (Fsp3) is 0.571. The van der Waals surface area contributed by atoms with Crippen molar-refractivity contribution >= 4 is 9.84 Å².